The predicted octanol–water partition coefficient (Wildman–Crippen LogP) is 2.26. The van der Waals surface area contributed by atoms with Gasteiger partial charge in [0, 0.05) is 31.9 Å². The van der Waals surface area contributed by atoms with Crippen molar-refractivity contribution in [1.82, 2.24) is 4.90 Å². The van der Waals surface area contributed by atoms with Crippen LogP contribution in [0.3, 0.4) is 0 Å². The van der Waals surface area contributed by atoms with Gasteiger partial charge in [0.25, 0.3) is 5.91 Å². The van der Waals surface area contributed by atoms with Crippen molar-refractivity contribution in [3.63, 3.8) is 0 Å². The Labute approximate surface area is 123 Å². The molecule has 21 heavy (non-hydrogen) atoms. The number of furan rings is 1. The summed E-state index contributed by atoms with van der Waals surface area (Å²) in [5.41, 5.74) is 1.06. The van der Waals surface area contributed by atoms with E-state index in [0.29, 0.717) is 18.8 Å². The van der Waals surface area contributed by atoms with Gasteiger partial charge in [-0.2, -0.15) is 0 Å². The number of piperazine rings is 1. The highest BCUT2D eigenvalue weighted by Gasteiger charge is 2.24. The molecule has 5 nitrogen and oxygen atoms in total. The van der Waals surface area contributed by atoms with Crippen molar-refractivity contribution in [2.75, 3.05) is 31.1 Å². The van der Waals surface area contributed by atoms with Crippen molar-refractivity contribution in [3.8, 4) is 5.75 Å². The fourth-order valence-electron chi connectivity index (χ4n) is 2.54. The molecule has 1 saturated heterocycles. The number of anilines is 1. The Hall–Kier alpha value is -2.43. The van der Waals surface area contributed by atoms with Crippen LogP contribution in [0, 0.1) is 6.92 Å². The molecule has 1 aromatic heterocycles. The first-order chi connectivity index (χ1) is 10.1. The van der Waals surface area contributed by atoms with Crippen molar-refractivity contribution in [3.05, 3.63) is 47.9 Å². The van der Waals surface area contributed by atoms with E-state index in [0.717, 1.165) is 24.5 Å². The number of phenolic OH excluding ortho intramolecular Hbond substituents is 1. The molecule has 1 amide bonds. The van der Waals surface area contributed by atoms with E-state index in [-0.39, 0.29) is 11.7 Å². The summed E-state index contributed by atoms with van der Waals surface area (Å²) in [5, 5.41) is 9.32. The van der Waals surface area contributed by atoms with E-state index in [4.69, 9.17) is 4.42 Å². The highest BCUT2D eigenvalue weighted by atomic mass is 16.3. The molecule has 1 aliphatic rings. The van der Waals surface area contributed by atoms with E-state index in [1.54, 1.807) is 24.3 Å². The Morgan fingerprint density at radius 2 is 1.71 bits per heavy atom. The summed E-state index contributed by atoms with van der Waals surface area (Å²) in [6, 6.07) is 10.7. The van der Waals surface area contributed by atoms with Gasteiger partial charge in [0.05, 0.1) is 0 Å². The maximum absolute atomic E-state index is 12.3. The van der Waals surface area contributed by atoms with Crippen LogP contribution in [0.15, 0.2) is 40.8 Å². The molecule has 110 valence electrons. The fraction of sp³-hybridized carbons (Fsp3) is 0.312. The standard InChI is InChI=1S/C16H18N2O3/c1-12-2-7-15(21-12)16(20)18-10-8-17(9-11-18)13-3-5-14(19)6-4-13/h2-7,19H,8-11H2,1H3. The molecule has 1 aliphatic heterocycles. The molecule has 2 aromatic rings. The molecule has 0 aliphatic carbocycles. The molecule has 5 heteroatoms. The Bertz CT molecular complexity index is 625. The molecule has 0 radical (unpaired) electrons. The Morgan fingerprint density at radius 1 is 1.05 bits per heavy atom. The second kappa shape index (κ2) is 5.52. The zero-order chi connectivity index (χ0) is 14.8. The Morgan fingerprint density at radius 3 is 2.29 bits per heavy atom. The Balaban J connectivity index is 1.62. The van der Waals surface area contributed by atoms with E-state index in [2.05, 4.69) is 4.90 Å². The summed E-state index contributed by atoms with van der Waals surface area (Å²) in [5.74, 6) is 1.38. The number of carbonyl (C=O) groups is 1. The third-order valence-electron chi connectivity index (χ3n) is 3.73. The fourth-order valence-corrected chi connectivity index (χ4v) is 2.54. The normalized spacial score (nSPS) is 15.3. The van der Waals surface area contributed by atoms with Crippen LogP contribution in [-0.2, 0) is 0 Å². The molecule has 0 bridgehead atoms. The number of aromatic hydroxyl groups is 1. The highest BCUT2D eigenvalue weighted by molar-refractivity contribution is 5.91. The van der Waals surface area contributed by atoms with Gasteiger partial charge in [0.1, 0.15) is 11.5 Å². The van der Waals surface area contributed by atoms with Crippen LogP contribution < -0.4 is 4.90 Å². The minimum absolute atomic E-state index is 0.0477. The van der Waals surface area contributed by atoms with Crippen LogP contribution in [0.2, 0.25) is 0 Å². The summed E-state index contributed by atoms with van der Waals surface area (Å²) < 4.78 is 5.39. The number of hydrogen-bond donors (Lipinski definition) is 1. The van der Waals surface area contributed by atoms with Crippen LogP contribution in [0.5, 0.6) is 5.75 Å². The second-order valence-corrected chi connectivity index (χ2v) is 5.21. The summed E-state index contributed by atoms with van der Waals surface area (Å²) in [6.07, 6.45) is 0. The van der Waals surface area contributed by atoms with Gasteiger partial charge in [-0.25, -0.2) is 0 Å². The van der Waals surface area contributed by atoms with Crippen molar-refractivity contribution in [2.24, 2.45) is 0 Å². The first-order valence-electron chi connectivity index (χ1n) is 7.03. The largest absolute Gasteiger partial charge is 0.508 e. The maximum atomic E-state index is 12.3. The molecule has 3 rings (SSSR count). The van der Waals surface area contributed by atoms with Crippen molar-refractivity contribution in [1.29, 1.82) is 0 Å². The van der Waals surface area contributed by atoms with Gasteiger partial charge >= 0.3 is 0 Å². The first-order valence-corrected chi connectivity index (χ1v) is 7.03. The predicted molar refractivity (Wildman–Crippen MR) is 79.7 cm³/mol. The first kappa shape index (κ1) is 13.5. The minimum Gasteiger partial charge on any atom is -0.508 e. The average Bonchev–Trinajstić information content (AvgIpc) is 2.94. The summed E-state index contributed by atoms with van der Waals surface area (Å²) in [6.45, 7) is 4.71. The van der Waals surface area contributed by atoms with Gasteiger partial charge in [-0.05, 0) is 43.3 Å². The topological polar surface area (TPSA) is 56.9 Å². The lowest BCUT2D eigenvalue weighted by molar-refractivity contribution is 0.0713. The van der Waals surface area contributed by atoms with Crippen LogP contribution in [-0.4, -0.2) is 42.1 Å². The maximum Gasteiger partial charge on any atom is 0.289 e. The van der Waals surface area contributed by atoms with Gasteiger partial charge in [0.2, 0.25) is 0 Å². The van der Waals surface area contributed by atoms with Gasteiger partial charge in [-0.15, -0.1) is 0 Å². The van der Waals surface area contributed by atoms with E-state index in [1.807, 2.05) is 24.0 Å². The number of aryl methyl sites for hydroxylation is 1. The summed E-state index contributed by atoms with van der Waals surface area (Å²) in [7, 11) is 0. The number of nitrogens with zero attached hydrogens (tertiary/aromatic N) is 2. The van der Waals surface area contributed by atoms with Crippen LogP contribution in [0.4, 0.5) is 5.69 Å². The quantitative estimate of drug-likeness (QED) is 0.920. The number of rotatable bonds is 2. The lowest BCUT2D eigenvalue weighted by atomic mass is 10.2. The van der Waals surface area contributed by atoms with Gasteiger partial charge in [-0.3, -0.25) is 4.79 Å². The second-order valence-electron chi connectivity index (χ2n) is 5.21. The zero-order valence-electron chi connectivity index (χ0n) is 12.0. The number of phenols is 1. The number of benzene rings is 1. The third kappa shape index (κ3) is 2.86. The van der Waals surface area contributed by atoms with Gasteiger partial charge in [-0.1, -0.05) is 0 Å². The van der Waals surface area contributed by atoms with Crippen molar-refractivity contribution < 1.29 is 14.3 Å². The molecule has 0 spiro atoms. The SMILES string of the molecule is Cc1ccc(C(=O)N2CCN(c3ccc(O)cc3)CC2)o1. The number of carbonyl (C=O) groups excluding carboxylic acids is 1. The molecular formula is C16H18N2O3. The van der Waals surface area contributed by atoms with Gasteiger partial charge in [0.15, 0.2) is 5.76 Å². The molecule has 1 aromatic carbocycles. The number of hydrogen-bond acceptors (Lipinski definition) is 4. The molecule has 2 heterocycles. The lowest BCUT2D eigenvalue weighted by Gasteiger charge is -2.35. The highest BCUT2D eigenvalue weighted by Crippen LogP contribution is 2.20. The van der Waals surface area contributed by atoms with E-state index in [9.17, 15) is 9.90 Å². The van der Waals surface area contributed by atoms with E-state index in [1.165, 1.54) is 0 Å². The van der Waals surface area contributed by atoms with Crippen LogP contribution in [0.25, 0.3) is 0 Å². The Kier molecular flexibility index (Phi) is 3.56. The smallest absolute Gasteiger partial charge is 0.289 e. The summed E-state index contributed by atoms with van der Waals surface area (Å²) in [4.78, 5) is 16.3. The van der Waals surface area contributed by atoms with E-state index < -0.39 is 0 Å². The van der Waals surface area contributed by atoms with E-state index >= 15 is 0 Å². The van der Waals surface area contributed by atoms with Crippen LogP contribution >= 0.6 is 0 Å². The molecule has 0 atom stereocenters. The lowest BCUT2D eigenvalue weighted by Crippen LogP contribution is -2.48. The molecule has 1 fully saturated rings. The average molecular weight is 286 g/mol. The minimum atomic E-state index is -0.0477. The monoisotopic (exact) mass is 286 g/mol. The molecule has 0 saturated carbocycles. The number of amides is 1. The van der Waals surface area contributed by atoms with Crippen molar-refractivity contribution in [2.45, 2.75) is 6.92 Å². The zero-order valence-corrected chi connectivity index (χ0v) is 12.0. The molecule has 0 unspecified atom stereocenters. The van der Waals surface area contributed by atoms with Crippen LogP contribution in [0.1, 0.15) is 16.3 Å². The van der Waals surface area contributed by atoms with Gasteiger partial charge < -0.3 is 19.3 Å². The third-order valence-corrected chi connectivity index (χ3v) is 3.73. The molecular weight excluding hydrogens is 268 g/mol. The molecule has 1 N–H and O–H groups in total. The summed E-state index contributed by atoms with van der Waals surface area (Å²) >= 11 is 0. The van der Waals surface area contributed by atoms with Crippen molar-refractivity contribution >= 4 is 11.6 Å².